The first-order valence-corrected chi connectivity index (χ1v) is 10.5. The topological polar surface area (TPSA) is 43.1 Å². The highest BCUT2D eigenvalue weighted by atomic mass is 79.9. The summed E-state index contributed by atoms with van der Waals surface area (Å²) < 4.78 is 2.90. The molecular weight excluding hydrogens is 436 g/mol. The second kappa shape index (κ2) is 6.75. The van der Waals surface area contributed by atoms with E-state index >= 15 is 0 Å². The van der Waals surface area contributed by atoms with Gasteiger partial charge in [0.2, 0.25) is 0 Å². The minimum Gasteiger partial charge on any atom is -0.210 e. The molecule has 0 bridgehead atoms. The quantitative estimate of drug-likeness (QED) is 0.301. The van der Waals surface area contributed by atoms with Gasteiger partial charge in [0.1, 0.15) is 0 Å². The van der Waals surface area contributed by atoms with Crippen LogP contribution in [0.15, 0.2) is 95.5 Å². The molecule has 0 N–H and O–H groups in total. The van der Waals surface area contributed by atoms with Gasteiger partial charge in [-0.3, -0.25) is 0 Å². The van der Waals surface area contributed by atoms with Gasteiger partial charge in [-0.2, -0.15) is 9.50 Å². The number of benzene rings is 4. The average Bonchev–Trinajstić information content (AvgIpc) is 3.24. The molecule has 0 radical (unpaired) electrons. The number of para-hydroxylation sites is 1. The first-order chi connectivity index (χ1) is 14.8. The van der Waals surface area contributed by atoms with Gasteiger partial charge in [-0.1, -0.05) is 88.7 Å². The molecule has 6 rings (SSSR count). The first-order valence-electron chi connectivity index (χ1n) is 9.68. The maximum absolute atomic E-state index is 4.90. The molecular formula is C25H15BrN4. The summed E-state index contributed by atoms with van der Waals surface area (Å²) >= 11 is 3.65. The summed E-state index contributed by atoms with van der Waals surface area (Å²) in [5.41, 5.74) is 3.96. The van der Waals surface area contributed by atoms with E-state index in [1.165, 1.54) is 0 Å². The van der Waals surface area contributed by atoms with E-state index in [0.29, 0.717) is 11.6 Å². The standard InChI is InChI=1S/C25H15BrN4/c26-21-15-14-19(17-10-4-5-11-18(17)21)24-28-25-27-23(16-8-2-1-3-9-16)20-12-6-7-13-22(20)30(25)29-24/h1-15H. The maximum Gasteiger partial charge on any atom is 0.253 e. The van der Waals surface area contributed by atoms with Crippen molar-refractivity contribution in [2.24, 2.45) is 0 Å². The number of aromatic nitrogens is 4. The zero-order chi connectivity index (χ0) is 20.1. The lowest BCUT2D eigenvalue weighted by atomic mass is 10.0. The van der Waals surface area contributed by atoms with E-state index in [2.05, 4.69) is 58.4 Å². The van der Waals surface area contributed by atoms with Crippen molar-refractivity contribution in [1.82, 2.24) is 19.6 Å². The van der Waals surface area contributed by atoms with Crippen LogP contribution in [0.4, 0.5) is 0 Å². The van der Waals surface area contributed by atoms with Gasteiger partial charge in [0.15, 0.2) is 5.82 Å². The third kappa shape index (κ3) is 2.63. The van der Waals surface area contributed by atoms with Gasteiger partial charge in [-0.15, -0.1) is 5.10 Å². The lowest BCUT2D eigenvalue weighted by Gasteiger charge is -2.07. The molecule has 4 nitrogen and oxygen atoms in total. The van der Waals surface area contributed by atoms with E-state index in [4.69, 9.17) is 15.1 Å². The number of hydrogen-bond donors (Lipinski definition) is 0. The van der Waals surface area contributed by atoms with Crippen molar-refractivity contribution in [2.75, 3.05) is 0 Å². The van der Waals surface area contributed by atoms with E-state index in [0.717, 1.165) is 43.0 Å². The second-order valence-electron chi connectivity index (χ2n) is 7.13. The highest BCUT2D eigenvalue weighted by molar-refractivity contribution is 9.10. The van der Waals surface area contributed by atoms with Gasteiger partial charge in [0.05, 0.1) is 11.2 Å². The lowest BCUT2D eigenvalue weighted by Crippen LogP contribution is -1.97. The Balaban J connectivity index is 1.67. The predicted octanol–water partition coefficient (Wildman–Crippen LogP) is 6.53. The molecule has 0 amide bonds. The SMILES string of the molecule is Brc1ccc(-c2nc3nc(-c4ccccc4)c4ccccc4n3n2)c2ccccc12. The molecule has 0 aliphatic heterocycles. The number of nitrogens with zero attached hydrogens (tertiary/aromatic N) is 4. The molecule has 0 saturated heterocycles. The van der Waals surface area contributed by atoms with Gasteiger partial charge in [-0.25, -0.2) is 4.98 Å². The molecule has 0 fully saturated rings. The molecule has 2 aromatic heterocycles. The van der Waals surface area contributed by atoms with Gasteiger partial charge >= 0.3 is 0 Å². The Hall–Kier alpha value is -3.57. The zero-order valence-corrected chi connectivity index (χ0v) is 17.4. The molecule has 0 aliphatic rings. The Bertz CT molecular complexity index is 1550. The van der Waals surface area contributed by atoms with Crippen molar-refractivity contribution in [3.8, 4) is 22.6 Å². The van der Waals surface area contributed by atoms with E-state index in [-0.39, 0.29) is 0 Å². The molecule has 4 aromatic carbocycles. The highest BCUT2D eigenvalue weighted by Crippen LogP contribution is 2.33. The molecule has 0 spiro atoms. The maximum atomic E-state index is 4.90. The van der Waals surface area contributed by atoms with Crippen molar-refractivity contribution >= 4 is 43.4 Å². The summed E-state index contributed by atoms with van der Waals surface area (Å²) in [6, 6.07) is 30.8. The molecule has 0 saturated carbocycles. The Morgan fingerprint density at radius 2 is 1.33 bits per heavy atom. The molecule has 5 heteroatoms. The zero-order valence-electron chi connectivity index (χ0n) is 15.8. The van der Waals surface area contributed by atoms with E-state index in [1.54, 1.807) is 0 Å². The van der Waals surface area contributed by atoms with Crippen LogP contribution in [0.1, 0.15) is 0 Å². The van der Waals surface area contributed by atoms with Gasteiger partial charge < -0.3 is 0 Å². The number of halogens is 1. The smallest absolute Gasteiger partial charge is 0.210 e. The molecule has 0 atom stereocenters. The largest absolute Gasteiger partial charge is 0.253 e. The van der Waals surface area contributed by atoms with Crippen LogP contribution in [0.25, 0.3) is 50.1 Å². The Labute approximate surface area is 181 Å². The molecule has 0 unspecified atom stereocenters. The van der Waals surface area contributed by atoms with Crippen molar-refractivity contribution in [3.63, 3.8) is 0 Å². The Kier molecular flexibility index (Phi) is 3.89. The van der Waals surface area contributed by atoms with Crippen LogP contribution in [0.2, 0.25) is 0 Å². The predicted molar refractivity (Wildman–Crippen MR) is 124 cm³/mol. The third-order valence-electron chi connectivity index (χ3n) is 5.35. The van der Waals surface area contributed by atoms with Crippen molar-refractivity contribution in [2.45, 2.75) is 0 Å². The lowest BCUT2D eigenvalue weighted by molar-refractivity contribution is 0.989. The van der Waals surface area contributed by atoms with Crippen LogP contribution in [0.5, 0.6) is 0 Å². The monoisotopic (exact) mass is 450 g/mol. The van der Waals surface area contributed by atoms with Crippen LogP contribution in [-0.4, -0.2) is 19.6 Å². The van der Waals surface area contributed by atoms with E-state index in [1.807, 2.05) is 53.0 Å². The average molecular weight is 451 g/mol. The molecule has 30 heavy (non-hydrogen) atoms. The van der Waals surface area contributed by atoms with Gasteiger partial charge in [0, 0.05) is 21.0 Å². The molecule has 0 aliphatic carbocycles. The van der Waals surface area contributed by atoms with Crippen LogP contribution < -0.4 is 0 Å². The van der Waals surface area contributed by atoms with Crippen LogP contribution >= 0.6 is 15.9 Å². The third-order valence-corrected chi connectivity index (χ3v) is 6.04. The summed E-state index contributed by atoms with van der Waals surface area (Å²) in [7, 11) is 0. The van der Waals surface area contributed by atoms with E-state index < -0.39 is 0 Å². The number of fused-ring (bicyclic) bond motifs is 4. The van der Waals surface area contributed by atoms with Crippen LogP contribution in [0.3, 0.4) is 0 Å². The van der Waals surface area contributed by atoms with Crippen molar-refractivity contribution in [3.05, 3.63) is 95.5 Å². The fraction of sp³-hybridized carbons (Fsp3) is 0. The fourth-order valence-electron chi connectivity index (χ4n) is 3.94. The Morgan fingerprint density at radius 3 is 2.17 bits per heavy atom. The normalized spacial score (nSPS) is 11.5. The summed E-state index contributed by atoms with van der Waals surface area (Å²) in [6.07, 6.45) is 0. The minimum atomic E-state index is 0.592. The number of hydrogen-bond acceptors (Lipinski definition) is 3. The minimum absolute atomic E-state index is 0.592. The summed E-state index contributed by atoms with van der Waals surface area (Å²) in [5, 5.41) is 8.15. The van der Waals surface area contributed by atoms with Gasteiger partial charge in [0.25, 0.3) is 5.78 Å². The van der Waals surface area contributed by atoms with Gasteiger partial charge in [-0.05, 0) is 29.0 Å². The number of rotatable bonds is 2. The summed E-state index contributed by atoms with van der Waals surface area (Å²) in [4.78, 5) is 9.72. The van der Waals surface area contributed by atoms with E-state index in [9.17, 15) is 0 Å². The molecule has 2 heterocycles. The molecule has 142 valence electrons. The molecule has 6 aromatic rings. The first kappa shape index (κ1) is 17.3. The van der Waals surface area contributed by atoms with Crippen molar-refractivity contribution < 1.29 is 0 Å². The summed E-state index contributed by atoms with van der Waals surface area (Å²) in [6.45, 7) is 0. The highest BCUT2D eigenvalue weighted by Gasteiger charge is 2.16. The fourth-order valence-corrected chi connectivity index (χ4v) is 4.42. The Morgan fingerprint density at radius 1 is 0.633 bits per heavy atom. The second-order valence-corrected chi connectivity index (χ2v) is 7.99. The van der Waals surface area contributed by atoms with Crippen molar-refractivity contribution in [1.29, 1.82) is 0 Å². The van der Waals surface area contributed by atoms with Crippen LogP contribution in [-0.2, 0) is 0 Å². The van der Waals surface area contributed by atoms with Crippen LogP contribution in [0, 0.1) is 0 Å². The summed E-state index contributed by atoms with van der Waals surface area (Å²) in [5.74, 6) is 1.26.